The first-order chi connectivity index (χ1) is 12.6. The number of hydrogen-bond donors (Lipinski definition) is 2. The summed E-state index contributed by atoms with van der Waals surface area (Å²) in [5.74, 6) is 0.343. The summed E-state index contributed by atoms with van der Waals surface area (Å²) >= 11 is 6.55. The molecule has 1 aliphatic rings. The van der Waals surface area contributed by atoms with E-state index in [9.17, 15) is 10.2 Å². The van der Waals surface area contributed by atoms with Crippen molar-refractivity contribution in [3.8, 4) is 0 Å². The predicted octanol–water partition coefficient (Wildman–Crippen LogP) is 6.12. The molecular weight excluding hydrogens is 344 g/mol. The molecule has 2 N–H and O–H groups in total. The molecule has 0 saturated heterocycles. The highest BCUT2D eigenvalue weighted by Gasteiger charge is 2.41. The Hall–Kier alpha value is -0.830. The maximum atomic E-state index is 10.5. The molecule has 3 heteroatoms. The maximum absolute atomic E-state index is 10.5. The minimum absolute atomic E-state index is 0.0144. The van der Waals surface area contributed by atoms with E-state index in [0.29, 0.717) is 6.42 Å². The normalized spacial score (nSPS) is 27.3. The lowest BCUT2D eigenvalue weighted by atomic mass is 9.84. The Labute approximate surface area is 164 Å². The SMILES string of the molecule is CCCC=CCC1C(c2ccc(C(O)CCCCC)cc2)[C@H](O)C[C@H]1Cl. The van der Waals surface area contributed by atoms with Gasteiger partial charge >= 0.3 is 0 Å². The van der Waals surface area contributed by atoms with Crippen molar-refractivity contribution in [3.05, 3.63) is 47.5 Å². The first kappa shape index (κ1) is 21.5. The second kappa shape index (κ2) is 11.1. The molecule has 0 bridgehead atoms. The van der Waals surface area contributed by atoms with E-state index >= 15 is 0 Å². The molecule has 2 nitrogen and oxygen atoms in total. The molecule has 1 aliphatic carbocycles. The lowest BCUT2D eigenvalue weighted by Crippen LogP contribution is -2.18. The third kappa shape index (κ3) is 5.84. The number of benzene rings is 1. The van der Waals surface area contributed by atoms with Gasteiger partial charge in [0.15, 0.2) is 0 Å². The first-order valence-electron chi connectivity index (χ1n) is 10.3. The quantitative estimate of drug-likeness (QED) is 0.292. The highest BCUT2D eigenvalue weighted by Crippen LogP contribution is 2.45. The third-order valence-corrected chi connectivity index (χ3v) is 6.13. The van der Waals surface area contributed by atoms with Gasteiger partial charge < -0.3 is 10.2 Å². The van der Waals surface area contributed by atoms with Crippen molar-refractivity contribution in [2.75, 3.05) is 0 Å². The van der Waals surface area contributed by atoms with E-state index in [-0.39, 0.29) is 23.3 Å². The zero-order chi connectivity index (χ0) is 18.9. The average molecular weight is 379 g/mol. The van der Waals surface area contributed by atoms with E-state index in [1.165, 1.54) is 6.42 Å². The zero-order valence-electron chi connectivity index (χ0n) is 16.3. The van der Waals surface area contributed by atoms with E-state index in [1.807, 2.05) is 12.1 Å². The Morgan fingerprint density at radius 3 is 2.50 bits per heavy atom. The summed E-state index contributed by atoms with van der Waals surface area (Å²) in [6.07, 6.45) is 11.7. The molecule has 5 atom stereocenters. The first-order valence-corrected chi connectivity index (χ1v) is 10.8. The van der Waals surface area contributed by atoms with Crippen LogP contribution in [-0.4, -0.2) is 21.7 Å². The Morgan fingerprint density at radius 2 is 1.85 bits per heavy atom. The van der Waals surface area contributed by atoms with E-state index in [2.05, 4.69) is 38.1 Å². The number of aliphatic hydroxyl groups excluding tert-OH is 2. The van der Waals surface area contributed by atoms with Crippen LogP contribution in [0.25, 0.3) is 0 Å². The van der Waals surface area contributed by atoms with Gasteiger partial charge in [0.1, 0.15) is 0 Å². The number of unbranched alkanes of at least 4 members (excludes halogenated alkanes) is 3. The molecule has 146 valence electrons. The fraction of sp³-hybridized carbons (Fsp3) is 0.652. The zero-order valence-corrected chi connectivity index (χ0v) is 17.0. The second-order valence-corrected chi connectivity index (χ2v) is 8.24. The molecular formula is C23H35ClO2. The van der Waals surface area contributed by atoms with E-state index in [4.69, 9.17) is 11.6 Å². The number of hydrogen-bond acceptors (Lipinski definition) is 2. The summed E-state index contributed by atoms with van der Waals surface area (Å²) in [5.41, 5.74) is 2.11. The van der Waals surface area contributed by atoms with E-state index < -0.39 is 6.10 Å². The summed E-state index contributed by atoms with van der Waals surface area (Å²) in [4.78, 5) is 0. The summed E-state index contributed by atoms with van der Waals surface area (Å²) < 4.78 is 0. The van der Waals surface area contributed by atoms with Crippen molar-refractivity contribution in [2.45, 2.75) is 88.7 Å². The molecule has 3 unspecified atom stereocenters. The van der Waals surface area contributed by atoms with Gasteiger partial charge in [0.2, 0.25) is 0 Å². The smallest absolute Gasteiger partial charge is 0.0790 e. The van der Waals surface area contributed by atoms with Crippen LogP contribution in [0.2, 0.25) is 0 Å². The Kier molecular flexibility index (Phi) is 9.18. The van der Waals surface area contributed by atoms with E-state index in [1.54, 1.807) is 0 Å². The van der Waals surface area contributed by atoms with Gasteiger partial charge in [-0.05, 0) is 42.7 Å². The van der Waals surface area contributed by atoms with Crippen LogP contribution >= 0.6 is 11.6 Å². The average Bonchev–Trinajstić information content (AvgIpc) is 2.92. The number of aliphatic hydroxyl groups is 2. The highest BCUT2D eigenvalue weighted by atomic mass is 35.5. The topological polar surface area (TPSA) is 40.5 Å². The summed E-state index contributed by atoms with van der Waals surface area (Å²) in [7, 11) is 0. The van der Waals surface area contributed by atoms with E-state index in [0.717, 1.165) is 49.7 Å². The molecule has 1 fully saturated rings. The lowest BCUT2D eigenvalue weighted by molar-refractivity contribution is 0.154. The molecule has 1 aromatic carbocycles. The molecule has 2 rings (SSSR count). The molecule has 0 spiro atoms. The van der Waals surface area contributed by atoms with Gasteiger partial charge in [0, 0.05) is 11.3 Å². The molecule has 1 aromatic rings. The van der Waals surface area contributed by atoms with Gasteiger partial charge in [-0.25, -0.2) is 0 Å². The number of rotatable bonds is 10. The largest absolute Gasteiger partial charge is 0.392 e. The van der Waals surface area contributed by atoms with Crippen LogP contribution in [0.3, 0.4) is 0 Å². The molecule has 0 amide bonds. The Morgan fingerprint density at radius 1 is 1.12 bits per heavy atom. The van der Waals surface area contributed by atoms with Crippen LogP contribution in [0.15, 0.2) is 36.4 Å². The Balaban J connectivity index is 2.04. The van der Waals surface area contributed by atoms with Gasteiger partial charge in [0.05, 0.1) is 12.2 Å². The third-order valence-electron chi connectivity index (χ3n) is 5.62. The molecule has 0 radical (unpaired) electrons. The van der Waals surface area contributed by atoms with Crippen molar-refractivity contribution in [3.63, 3.8) is 0 Å². The van der Waals surface area contributed by atoms with Crippen molar-refractivity contribution >= 4 is 11.6 Å². The monoisotopic (exact) mass is 378 g/mol. The molecule has 0 aliphatic heterocycles. The minimum Gasteiger partial charge on any atom is -0.392 e. The van der Waals surface area contributed by atoms with Crippen molar-refractivity contribution in [1.29, 1.82) is 0 Å². The molecule has 1 saturated carbocycles. The second-order valence-electron chi connectivity index (χ2n) is 7.68. The Bertz CT molecular complexity index is 540. The highest BCUT2D eigenvalue weighted by molar-refractivity contribution is 6.21. The van der Waals surface area contributed by atoms with Gasteiger partial charge in [-0.15, -0.1) is 11.6 Å². The number of alkyl halides is 1. The standard InChI is InChI=1S/C23H35ClO2/c1-3-5-7-9-10-19-20(24)16-22(26)23(19)18-14-12-17(13-15-18)21(25)11-8-6-4-2/h7,9,12-15,19-23,25-26H,3-6,8,10-11,16H2,1-2H3/t19?,20-,21?,22-,23?/m1/s1. The fourth-order valence-corrected chi connectivity index (χ4v) is 4.50. The van der Waals surface area contributed by atoms with Crippen molar-refractivity contribution in [2.24, 2.45) is 5.92 Å². The van der Waals surface area contributed by atoms with Crippen LogP contribution in [0.1, 0.15) is 88.4 Å². The van der Waals surface area contributed by atoms with Gasteiger partial charge in [-0.1, -0.05) is 75.9 Å². The lowest BCUT2D eigenvalue weighted by Gasteiger charge is -2.23. The van der Waals surface area contributed by atoms with Crippen LogP contribution in [0.4, 0.5) is 0 Å². The molecule has 0 heterocycles. The van der Waals surface area contributed by atoms with Crippen LogP contribution in [0, 0.1) is 5.92 Å². The number of allylic oxidation sites excluding steroid dienone is 2. The summed E-state index contributed by atoms with van der Waals surface area (Å²) in [6.45, 7) is 4.35. The number of halogens is 1. The van der Waals surface area contributed by atoms with Gasteiger partial charge in [0.25, 0.3) is 0 Å². The van der Waals surface area contributed by atoms with Crippen LogP contribution < -0.4 is 0 Å². The predicted molar refractivity (Wildman–Crippen MR) is 111 cm³/mol. The van der Waals surface area contributed by atoms with Crippen LogP contribution in [-0.2, 0) is 0 Å². The minimum atomic E-state index is -0.391. The summed E-state index contributed by atoms with van der Waals surface area (Å²) in [5, 5.41) is 20.9. The summed E-state index contributed by atoms with van der Waals surface area (Å²) in [6, 6.07) is 8.18. The van der Waals surface area contributed by atoms with Crippen molar-refractivity contribution in [1.82, 2.24) is 0 Å². The van der Waals surface area contributed by atoms with Crippen molar-refractivity contribution < 1.29 is 10.2 Å². The molecule has 26 heavy (non-hydrogen) atoms. The molecule has 0 aromatic heterocycles. The fourth-order valence-electron chi connectivity index (χ4n) is 4.06. The van der Waals surface area contributed by atoms with Crippen LogP contribution in [0.5, 0.6) is 0 Å². The maximum Gasteiger partial charge on any atom is 0.0790 e. The van der Waals surface area contributed by atoms with Gasteiger partial charge in [-0.3, -0.25) is 0 Å². The van der Waals surface area contributed by atoms with Gasteiger partial charge in [-0.2, -0.15) is 0 Å².